The number of aliphatic hydroxyl groups excluding tert-OH is 1. The molecule has 3 rings (SSSR count). The molecular formula is C20H15F4N3O3. The molecular weight excluding hydrogens is 406 g/mol. The number of rotatable bonds is 6. The van der Waals surface area contributed by atoms with E-state index in [0.717, 1.165) is 18.2 Å². The second-order valence-electron chi connectivity index (χ2n) is 6.15. The molecule has 0 atom stereocenters. The van der Waals surface area contributed by atoms with Crippen molar-refractivity contribution >= 4 is 12.0 Å². The SMILES string of the molecule is O=C(/C=C/c1ccc(C(F)(F)F)cc1)NCc1ccc(-c2noc(CO)n2)cc1F. The van der Waals surface area contributed by atoms with Crippen molar-refractivity contribution in [1.82, 2.24) is 15.5 Å². The molecule has 0 aliphatic carbocycles. The van der Waals surface area contributed by atoms with Crippen molar-refractivity contribution in [3.8, 4) is 11.4 Å². The number of aromatic nitrogens is 2. The lowest BCUT2D eigenvalue weighted by Crippen LogP contribution is -2.20. The summed E-state index contributed by atoms with van der Waals surface area (Å²) in [6.07, 6.45) is -1.93. The molecule has 10 heteroatoms. The molecule has 0 aliphatic heterocycles. The number of benzene rings is 2. The zero-order valence-corrected chi connectivity index (χ0v) is 15.3. The lowest BCUT2D eigenvalue weighted by Gasteiger charge is -2.06. The molecule has 1 aromatic heterocycles. The highest BCUT2D eigenvalue weighted by molar-refractivity contribution is 5.91. The van der Waals surface area contributed by atoms with Gasteiger partial charge < -0.3 is 14.9 Å². The summed E-state index contributed by atoms with van der Waals surface area (Å²) >= 11 is 0. The molecule has 1 amide bonds. The van der Waals surface area contributed by atoms with E-state index in [-0.39, 0.29) is 23.8 Å². The van der Waals surface area contributed by atoms with Gasteiger partial charge in [-0.3, -0.25) is 4.79 Å². The number of nitrogens with one attached hydrogen (secondary N) is 1. The lowest BCUT2D eigenvalue weighted by atomic mass is 10.1. The van der Waals surface area contributed by atoms with Crippen LogP contribution in [0.5, 0.6) is 0 Å². The van der Waals surface area contributed by atoms with Gasteiger partial charge in [0.05, 0.1) is 5.56 Å². The van der Waals surface area contributed by atoms with Gasteiger partial charge in [-0.1, -0.05) is 29.4 Å². The Labute approximate surface area is 167 Å². The van der Waals surface area contributed by atoms with Crippen LogP contribution < -0.4 is 5.32 Å². The van der Waals surface area contributed by atoms with Crippen LogP contribution in [-0.2, 0) is 24.1 Å². The number of hydrogen-bond donors (Lipinski definition) is 2. The highest BCUT2D eigenvalue weighted by Crippen LogP contribution is 2.29. The normalized spacial score (nSPS) is 11.8. The lowest BCUT2D eigenvalue weighted by molar-refractivity contribution is -0.137. The minimum Gasteiger partial charge on any atom is -0.387 e. The zero-order chi connectivity index (χ0) is 21.7. The molecule has 156 valence electrons. The van der Waals surface area contributed by atoms with Gasteiger partial charge in [0.1, 0.15) is 12.4 Å². The summed E-state index contributed by atoms with van der Waals surface area (Å²) in [4.78, 5) is 15.8. The second kappa shape index (κ2) is 8.87. The molecule has 2 N–H and O–H groups in total. The van der Waals surface area contributed by atoms with Crippen molar-refractivity contribution in [2.24, 2.45) is 0 Å². The summed E-state index contributed by atoms with van der Waals surface area (Å²) in [7, 11) is 0. The molecule has 0 fully saturated rings. The Morgan fingerprint density at radius 2 is 1.90 bits per heavy atom. The Morgan fingerprint density at radius 3 is 2.50 bits per heavy atom. The molecule has 0 unspecified atom stereocenters. The van der Waals surface area contributed by atoms with E-state index in [1.54, 1.807) is 0 Å². The van der Waals surface area contributed by atoms with E-state index in [2.05, 4.69) is 15.5 Å². The van der Waals surface area contributed by atoms with Crippen molar-refractivity contribution in [1.29, 1.82) is 0 Å². The first-order chi connectivity index (χ1) is 14.3. The molecule has 0 saturated heterocycles. The van der Waals surface area contributed by atoms with Crippen molar-refractivity contribution in [3.05, 3.63) is 76.9 Å². The maximum absolute atomic E-state index is 14.3. The predicted octanol–water partition coefficient (Wildman–Crippen LogP) is 3.72. The standard InChI is InChI=1S/C20H15F4N3O3/c21-16-9-13(19-26-18(11-28)30-27-19)4-5-14(16)10-25-17(29)8-3-12-1-6-15(7-2-12)20(22,23)24/h1-9,28H,10-11H2,(H,25,29)/b8-3+. The third kappa shape index (κ3) is 5.29. The molecule has 0 saturated carbocycles. The fourth-order valence-electron chi connectivity index (χ4n) is 2.46. The fourth-order valence-corrected chi connectivity index (χ4v) is 2.46. The van der Waals surface area contributed by atoms with Gasteiger partial charge in [0.15, 0.2) is 0 Å². The van der Waals surface area contributed by atoms with Crippen LogP contribution in [0, 0.1) is 5.82 Å². The molecule has 2 aromatic carbocycles. The van der Waals surface area contributed by atoms with Crippen LogP contribution in [0.25, 0.3) is 17.5 Å². The average molecular weight is 421 g/mol. The van der Waals surface area contributed by atoms with Crippen molar-refractivity contribution in [3.63, 3.8) is 0 Å². The Bertz CT molecular complexity index is 1060. The monoisotopic (exact) mass is 421 g/mol. The fraction of sp³-hybridized carbons (Fsp3) is 0.150. The van der Waals surface area contributed by atoms with Crippen LogP contribution in [0.2, 0.25) is 0 Å². The van der Waals surface area contributed by atoms with Crippen molar-refractivity contribution < 1.29 is 32.0 Å². The Balaban J connectivity index is 1.58. The van der Waals surface area contributed by atoms with Crippen molar-refractivity contribution in [2.45, 2.75) is 19.3 Å². The van der Waals surface area contributed by atoms with Crippen LogP contribution in [0.15, 0.2) is 53.1 Å². The Hall–Kier alpha value is -3.53. The van der Waals surface area contributed by atoms with Gasteiger partial charge in [-0.2, -0.15) is 18.2 Å². The van der Waals surface area contributed by atoms with E-state index >= 15 is 0 Å². The van der Waals surface area contributed by atoms with E-state index in [1.807, 2.05) is 0 Å². The van der Waals surface area contributed by atoms with Gasteiger partial charge in [-0.05, 0) is 29.8 Å². The third-order valence-corrected chi connectivity index (χ3v) is 4.03. The Morgan fingerprint density at radius 1 is 1.17 bits per heavy atom. The number of carbonyl (C=O) groups excluding carboxylic acids is 1. The smallest absolute Gasteiger partial charge is 0.387 e. The van der Waals surface area contributed by atoms with Crippen LogP contribution in [0.4, 0.5) is 17.6 Å². The van der Waals surface area contributed by atoms with E-state index < -0.39 is 30.1 Å². The summed E-state index contributed by atoms with van der Waals surface area (Å²) in [5.74, 6) is -1.02. The molecule has 3 aromatic rings. The highest BCUT2D eigenvalue weighted by Gasteiger charge is 2.29. The summed E-state index contributed by atoms with van der Waals surface area (Å²) in [6.45, 7) is -0.532. The van der Waals surface area contributed by atoms with E-state index in [4.69, 9.17) is 9.63 Å². The average Bonchev–Trinajstić information content (AvgIpc) is 3.20. The quantitative estimate of drug-likeness (QED) is 0.468. The van der Waals surface area contributed by atoms with Crippen LogP contribution in [0.3, 0.4) is 0 Å². The highest BCUT2D eigenvalue weighted by atomic mass is 19.4. The largest absolute Gasteiger partial charge is 0.416 e. The molecule has 0 bridgehead atoms. The van der Waals surface area contributed by atoms with E-state index in [1.165, 1.54) is 36.4 Å². The van der Waals surface area contributed by atoms with Crippen LogP contribution in [-0.4, -0.2) is 21.2 Å². The van der Waals surface area contributed by atoms with Gasteiger partial charge in [0.25, 0.3) is 5.89 Å². The van der Waals surface area contributed by atoms with E-state index in [0.29, 0.717) is 11.1 Å². The topological polar surface area (TPSA) is 88.2 Å². The summed E-state index contributed by atoms with van der Waals surface area (Å²) in [6, 6.07) is 8.47. The first kappa shape index (κ1) is 21.2. The minimum absolute atomic E-state index is 0.00146. The van der Waals surface area contributed by atoms with Gasteiger partial charge in [-0.15, -0.1) is 0 Å². The molecule has 0 spiro atoms. The molecule has 0 radical (unpaired) electrons. The summed E-state index contributed by atoms with van der Waals surface area (Å²) < 4.78 is 56.6. The summed E-state index contributed by atoms with van der Waals surface area (Å²) in [5, 5.41) is 15.0. The second-order valence-corrected chi connectivity index (χ2v) is 6.15. The first-order valence-corrected chi connectivity index (χ1v) is 8.61. The van der Waals surface area contributed by atoms with Crippen LogP contribution in [0.1, 0.15) is 22.6 Å². The van der Waals surface area contributed by atoms with Gasteiger partial charge in [-0.25, -0.2) is 4.39 Å². The van der Waals surface area contributed by atoms with E-state index in [9.17, 15) is 22.4 Å². The maximum atomic E-state index is 14.3. The maximum Gasteiger partial charge on any atom is 0.416 e. The number of halogens is 4. The zero-order valence-electron chi connectivity index (χ0n) is 15.3. The Kier molecular flexibility index (Phi) is 6.26. The summed E-state index contributed by atoms with van der Waals surface area (Å²) in [5.41, 5.74) is 0.182. The molecule has 1 heterocycles. The third-order valence-electron chi connectivity index (χ3n) is 4.03. The first-order valence-electron chi connectivity index (χ1n) is 8.61. The van der Waals surface area contributed by atoms with Gasteiger partial charge in [0, 0.05) is 23.7 Å². The molecule has 0 aliphatic rings. The minimum atomic E-state index is -4.43. The van der Waals surface area contributed by atoms with Gasteiger partial charge in [0.2, 0.25) is 11.7 Å². The number of amides is 1. The number of nitrogens with zero attached hydrogens (tertiary/aromatic N) is 2. The number of carbonyl (C=O) groups is 1. The number of hydrogen-bond acceptors (Lipinski definition) is 5. The van der Waals surface area contributed by atoms with Crippen LogP contribution >= 0.6 is 0 Å². The van der Waals surface area contributed by atoms with Crippen molar-refractivity contribution in [2.75, 3.05) is 0 Å². The number of alkyl halides is 3. The van der Waals surface area contributed by atoms with Gasteiger partial charge >= 0.3 is 6.18 Å². The molecule has 30 heavy (non-hydrogen) atoms. The number of aliphatic hydroxyl groups is 1. The predicted molar refractivity (Wildman–Crippen MR) is 97.9 cm³/mol. The molecule has 6 nitrogen and oxygen atoms in total.